The highest BCUT2D eigenvalue weighted by Gasteiger charge is 2.28. The van der Waals surface area contributed by atoms with Crippen molar-refractivity contribution in [3.63, 3.8) is 0 Å². The molecule has 144 valence electrons. The van der Waals surface area contributed by atoms with Gasteiger partial charge in [0.15, 0.2) is 0 Å². The molecule has 3 aromatic rings. The van der Waals surface area contributed by atoms with E-state index in [4.69, 9.17) is 16.7 Å². The summed E-state index contributed by atoms with van der Waals surface area (Å²) >= 11 is 6.04. The second-order valence-corrected chi connectivity index (χ2v) is 7.25. The lowest BCUT2D eigenvalue weighted by Crippen LogP contribution is -2.39. The van der Waals surface area contributed by atoms with Gasteiger partial charge in [0.05, 0.1) is 12.4 Å². The molecule has 1 amide bonds. The van der Waals surface area contributed by atoms with Crippen molar-refractivity contribution >= 4 is 17.5 Å². The van der Waals surface area contributed by atoms with E-state index >= 15 is 0 Å². The second kappa shape index (κ2) is 8.08. The number of amides is 1. The van der Waals surface area contributed by atoms with E-state index in [9.17, 15) is 4.79 Å². The third-order valence-electron chi connectivity index (χ3n) is 5.18. The topological polar surface area (TPSA) is 95.0 Å². The fourth-order valence-electron chi connectivity index (χ4n) is 3.72. The molecule has 0 saturated carbocycles. The molecule has 3 heterocycles. The molecular formula is C20H20ClN5O2. The maximum Gasteiger partial charge on any atom is 0.248 e. The lowest BCUT2D eigenvalue weighted by atomic mass is 9.88. The van der Waals surface area contributed by atoms with Crippen molar-refractivity contribution in [1.29, 1.82) is 0 Å². The van der Waals surface area contributed by atoms with E-state index in [-0.39, 0.29) is 11.8 Å². The molecule has 1 aromatic carbocycles. The van der Waals surface area contributed by atoms with E-state index in [1.54, 1.807) is 17.3 Å². The predicted molar refractivity (Wildman–Crippen MR) is 106 cm³/mol. The minimum Gasteiger partial charge on any atom is -0.387 e. The van der Waals surface area contributed by atoms with Crippen LogP contribution in [0.3, 0.4) is 0 Å². The van der Waals surface area contributed by atoms with Crippen molar-refractivity contribution in [3.8, 4) is 22.4 Å². The molecule has 1 fully saturated rings. The number of hydrogen-bond donors (Lipinski definition) is 2. The summed E-state index contributed by atoms with van der Waals surface area (Å²) in [5.74, 6) is 0.0166. The highest BCUT2D eigenvalue weighted by atomic mass is 35.5. The first-order chi connectivity index (χ1) is 13.7. The smallest absolute Gasteiger partial charge is 0.248 e. The van der Waals surface area contributed by atoms with E-state index in [1.165, 1.54) is 0 Å². The molecule has 8 heteroatoms. The molecule has 1 saturated heterocycles. The summed E-state index contributed by atoms with van der Waals surface area (Å²) in [6.45, 7) is 0.796. The van der Waals surface area contributed by atoms with Crippen LogP contribution in [0, 0.1) is 0 Å². The average molecular weight is 398 g/mol. The number of aliphatic hydroxyl groups is 1. The standard InChI is InChI=1S/C20H20ClN5O2/c21-16-3-1-13(2-4-16)19-18(15-5-8-22-23-11-15)20(25-24-19)14-6-9-26(10-7-14)17(28)12-27/h1-5,8,11,14,27H,6-7,9-10,12H2,(H,24,25). The largest absolute Gasteiger partial charge is 0.387 e. The SMILES string of the molecule is O=C(CO)N1CCC(c2[nH]nc(-c3ccc(Cl)cc3)c2-c2ccnnc2)CC1. The molecule has 0 spiro atoms. The van der Waals surface area contributed by atoms with Crippen molar-refractivity contribution in [2.24, 2.45) is 0 Å². The van der Waals surface area contributed by atoms with E-state index in [0.717, 1.165) is 40.9 Å². The summed E-state index contributed by atoms with van der Waals surface area (Å²) in [5, 5.41) is 25.5. The van der Waals surface area contributed by atoms with E-state index in [2.05, 4.69) is 20.4 Å². The summed E-state index contributed by atoms with van der Waals surface area (Å²) < 4.78 is 0. The molecule has 0 aliphatic carbocycles. The van der Waals surface area contributed by atoms with Gasteiger partial charge in [0.2, 0.25) is 5.91 Å². The molecule has 28 heavy (non-hydrogen) atoms. The molecule has 0 radical (unpaired) electrons. The van der Waals surface area contributed by atoms with Gasteiger partial charge in [-0.15, -0.1) is 0 Å². The number of hydrogen-bond acceptors (Lipinski definition) is 5. The molecule has 2 aromatic heterocycles. The first-order valence-corrected chi connectivity index (χ1v) is 9.55. The average Bonchev–Trinajstić information content (AvgIpc) is 3.19. The van der Waals surface area contributed by atoms with Crippen LogP contribution < -0.4 is 0 Å². The van der Waals surface area contributed by atoms with Crippen LogP contribution in [-0.4, -0.2) is 56.0 Å². The fraction of sp³-hybridized carbons (Fsp3) is 0.300. The number of aliphatic hydroxyl groups excluding tert-OH is 1. The fourth-order valence-corrected chi connectivity index (χ4v) is 3.84. The van der Waals surface area contributed by atoms with Crippen molar-refractivity contribution in [2.45, 2.75) is 18.8 Å². The van der Waals surface area contributed by atoms with Gasteiger partial charge in [-0.05, 0) is 31.0 Å². The van der Waals surface area contributed by atoms with Crippen LogP contribution in [0.1, 0.15) is 24.5 Å². The third-order valence-corrected chi connectivity index (χ3v) is 5.43. The van der Waals surface area contributed by atoms with Gasteiger partial charge in [-0.25, -0.2) is 0 Å². The number of carbonyl (C=O) groups excluding carboxylic acids is 1. The minimum absolute atomic E-state index is 0.219. The Labute approximate surface area is 167 Å². The van der Waals surface area contributed by atoms with Gasteiger partial charge >= 0.3 is 0 Å². The maximum atomic E-state index is 11.7. The van der Waals surface area contributed by atoms with Crippen molar-refractivity contribution < 1.29 is 9.90 Å². The number of H-pyrrole nitrogens is 1. The summed E-state index contributed by atoms with van der Waals surface area (Å²) in [5.41, 5.74) is 4.79. The van der Waals surface area contributed by atoms with Gasteiger partial charge < -0.3 is 10.0 Å². The van der Waals surface area contributed by atoms with Gasteiger partial charge in [0.1, 0.15) is 12.3 Å². The molecule has 4 rings (SSSR count). The molecule has 2 N–H and O–H groups in total. The Balaban J connectivity index is 1.70. The lowest BCUT2D eigenvalue weighted by Gasteiger charge is -2.31. The van der Waals surface area contributed by atoms with Gasteiger partial charge in [-0.1, -0.05) is 23.7 Å². The molecule has 0 unspecified atom stereocenters. The van der Waals surface area contributed by atoms with Crippen LogP contribution in [0.4, 0.5) is 0 Å². The number of aromatic amines is 1. The summed E-state index contributed by atoms with van der Waals surface area (Å²) in [7, 11) is 0. The quantitative estimate of drug-likeness (QED) is 0.705. The first kappa shape index (κ1) is 18.6. The second-order valence-electron chi connectivity index (χ2n) is 6.81. The molecule has 1 aliphatic rings. The van der Waals surface area contributed by atoms with Crippen LogP contribution in [0.25, 0.3) is 22.4 Å². The van der Waals surface area contributed by atoms with Gasteiger partial charge in [0, 0.05) is 46.4 Å². The Morgan fingerprint density at radius 2 is 1.89 bits per heavy atom. The van der Waals surface area contributed by atoms with Gasteiger partial charge in [-0.2, -0.15) is 15.3 Å². The number of nitrogens with zero attached hydrogens (tertiary/aromatic N) is 4. The van der Waals surface area contributed by atoms with E-state index in [0.29, 0.717) is 18.1 Å². The predicted octanol–water partition coefficient (Wildman–Crippen LogP) is 2.89. The lowest BCUT2D eigenvalue weighted by molar-refractivity contribution is -0.135. The zero-order valence-corrected chi connectivity index (χ0v) is 15.9. The zero-order valence-electron chi connectivity index (χ0n) is 15.2. The molecule has 0 bridgehead atoms. The summed E-state index contributed by atoms with van der Waals surface area (Å²) in [6, 6.07) is 9.51. The van der Waals surface area contributed by atoms with E-state index < -0.39 is 6.61 Å². The van der Waals surface area contributed by atoms with E-state index in [1.807, 2.05) is 30.3 Å². The number of nitrogens with one attached hydrogen (secondary N) is 1. The van der Waals surface area contributed by atoms with Crippen LogP contribution in [0.15, 0.2) is 42.7 Å². The number of halogens is 1. The first-order valence-electron chi connectivity index (χ1n) is 9.17. The number of likely N-dealkylation sites (tertiary alicyclic amines) is 1. The van der Waals surface area contributed by atoms with Crippen molar-refractivity contribution in [1.82, 2.24) is 25.3 Å². The van der Waals surface area contributed by atoms with Crippen molar-refractivity contribution in [3.05, 3.63) is 53.4 Å². The number of benzene rings is 1. The van der Waals surface area contributed by atoms with Crippen LogP contribution in [0.5, 0.6) is 0 Å². The van der Waals surface area contributed by atoms with Crippen molar-refractivity contribution in [2.75, 3.05) is 19.7 Å². The van der Waals surface area contributed by atoms with Crippen LogP contribution in [0.2, 0.25) is 5.02 Å². The monoisotopic (exact) mass is 397 g/mol. The number of rotatable bonds is 4. The zero-order chi connectivity index (χ0) is 19.5. The Morgan fingerprint density at radius 1 is 1.14 bits per heavy atom. The van der Waals surface area contributed by atoms with Gasteiger partial charge in [0.25, 0.3) is 0 Å². The summed E-state index contributed by atoms with van der Waals surface area (Å²) in [6.07, 6.45) is 5.01. The normalized spacial score (nSPS) is 15.0. The maximum absolute atomic E-state index is 11.7. The Hall–Kier alpha value is -2.77. The summed E-state index contributed by atoms with van der Waals surface area (Å²) in [4.78, 5) is 13.5. The Morgan fingerprint density at radius 3 is 2.54 bits per heavy atom. The molecule has 0 atom stereocenters. The Bertz CT molecular complexity index is 950. The number of carbonyl (C=O) groups is 1. The minimum atomic E-state index is -0.441. The third kappa shape index (κ3) is 3.63. The number of aromatic nitrogens is 4. The highest BCUT2D eigenvalue weighted by Crippen LogP contribution is 2.39. The van der Waals surface area contributed by atoms with Crippen LogP contribution >= 0.6 is 11.6 Å². The van der Waals surface area contributed by atoms with Gasteiger partial charge in [-0.3, -0.25) is 9.89 Å². The molecular weight excluding hydrogens is 378 g/mol. The van der Waals surface area contributed by atoms with Crippen LogP contribution in [-0.2, 0) is 4.79 Å². The Kier molecular flexibility index (Phi) is 5.36. The highest BCUT2D eigenvalue weighted by molar-refractivity contribution is 6.30. The molecule has 7 nitrogen and oxygen atoms in total. The number of piperidine rings is 1. The molecule has 1 aliphatic heterocycles.